The van der Waals surface area contributed by atoms with Gasteiger partial charge in [0.2, 0.25) is 15.9 Å². The summed E-state index contributed by atoms with van der Waals surface area (Å²) in [6.07, 6.45) is 0.920. The largest absolute Gasteiger partial charge is 0.341 e. The van der Waals surface area contributed by atoms with Gasteiger partial charge in [0.15, 0.2) is 0 Å². The molecule has 10 nitrogen and oxygen atoms in total. The Labute approximate surface area is 183 Å². The highest BCUT2D eigenvalue weighted by Crippen LogP contribution is 2.19. The Morgan fingerprint density at radius 3 is 2.55 bits per heavy atom. The number of amides is 2. The number of thiophene rings is 1. The van der Waals surface area contributed by atoms with Crippen molar-refractivity contribution in [3.05, 3.63) is 57.5 Å². The third-order valence-electron chi connectivity index (χ3n) is 4.93. The third kappa shape index (κ3) is 5.66. The van der Waals surface area contributed by atoms with Gasteiger partial charge in [-0.25, -0.2) is 13.1 Å². The quantitative estimate of drug-likeness (QED) is 0.471. The zero-order valence-electron chi connectivity index (χ0n) is 16.7. The maximum Gasteiger partial charge on any atom is 0.270 e. The van der Waals surface area contributed by atoms with Crippen LogP contribution in [0.15, 0.2) is 46.0 Å². The first-order valence-corrected chi connectivity index (χ1v) is 11.9. The van der Waals surface area contributed by atoms with Crippen molar-refractivity contribution in [2.45, 2.75) is 36.1 Å². The van der Waals surface area contributed by atoms with E-state index in [1.54, 1.807) is 23.3 Å². The number of benzene rings is 1. The summed E-state index contributed by atoms with van der Waals surface area (Å²) in [5.41, 5.74) is -0.116. The first-order valence-electron chi connectivity index (χ1n) is 9.57. The molecule has 0 unspecified atom stereocenters. The molecule has 2 heterocycles. The maximum absolute atomic E-state index is 12.7. The fraction of sp³-hybridized carbons (Fsp3) is 0.368. The van der Waals surface area contributed by atoms with Crippen LogP contribution in [0.4, 0.5) is 5.69 Å². The van der Waals surface area contributed by atoms with Gasteiger partial charge < -0.3 is 10.2 Å². The molecule has 0 spiro atoms. The Bertz CT molecular complexity index is 1060. The van der Waals surface area contributed by atoms with Gasteiger partial charge in [-0.3, -0.25) is 19.7 Å². The van der Waals surface area contributed by atoms with Gasteiger partial charge in [-0.2, -0.15) is 0 Å². The van der Waals surface area contributed by atoms with Gasteiger partial charge >= 0.3 is 0 Å². The normalized spacial score (nSPS) is 16.0. The molecule has 1 atom stereocenters. The lowest BCUT2D eigenvalue weighted by Gasteiger charge is -2.33. The van der Waals surface area contributed by atoms with Crippen molar-refractivity contribution >= 4 is 38.9 Å². The van der Waals surface area contributed by atoms with Crippen molar-refractivity contribution in [2.75, 3.05) is 13.1 Å². The van der Waals surface area contributed by atoms with Crippen LogP contribution in [0.3, 0.4) is 0 Å². The van der Waals surface area contributed by atoms with Crippen LogP contribution in [0.5, 0.6) is 0 Å². The summed E-state index contributed by atoms with van der Waals surface area (Å²) in [5.74, 6) is -0.874. The molecule has 0 radical (unpaired) electrons. The number of nitro benzene ring substituents is 1. The number of hydrogen-bond acceptors (Lipinski definition) is 7. The van der Waals surface area contributed by atoms with Crippen LogP contribution in [0, 0.1) is 10.1 Å². The Morgan fingerprint density at radius 1 is 1.23 bits per heavy atom. The van der Waals surface area contributed by atoms with Crippen LogP contribution in [0.25, 0.3) is 0 Å². The number of carbonyl (C=O) groups is 2. The second-order valence-corrected chi connectivity index (χ2v) is 10.0. The summed E-state index contributed by atoms with van der Waals surface area (Å²) >= 11 is 1.14. The lowest BCUT2D eigenvalue weighted by atomic mass is 10.1. The van der Waals surface area contributed by atoms with E-state index in [4.69, 9.17) is 0 Å². The number of rotatable bonds is 7. The Morgan fingerprint density at radius 2 is 1.94 bits per heavy atom. The maximum atomic E-state index is 12.7. The van der Waals surface area contributed by atoms with Crippen LogP contribution < -0.4 is 10.0 Å². The molecule has 0 saturated carbocycles. The molecule has 31 heavy (non-hydrogen) atoms. The molecule has 1 saturated heterocycles. The molecule has 3 rings (SSSR count). The SMILES string of the molecule is C[C@H](NC(=O)c1cccc([N+](=O)[O-])c1)C(=O)N1CCC(NS(=O)(=O)c2cccs2)CC1. The van der Waals surface area contributed by atoms with E-state index in [0.29, 0.717) is 25.9 Å². The molecule has 2 amide bonds. The minimum absolute atomic E-state index is 0.0931. The zero-order chi connectivity index (χ0) is 22.6. The van der Waals surface area contributed by atoms with Crippen LogP contribution in [-0.2, 0) is 14.8 Å². The summed E-state index contributed by atoms with van der Waals surface area (Å²) < 4.78 is 27.6. The van der Waals surface area contributed by atoms with Crippen LogP contribution >= 0.6 is 11.3 Å². The minimum Gasteiger partial charge on any atom is -0.341 e. The zero-order valence-corrected chi connectivity index (χ0v) is 18.3. The minimum atomic E-state index is -3.57. The monoisotopic (exact) mass is 466 g/mol. The summed E-state index contributed by atoms with van der Waals surface area (Å²) in [5, 5.41) is 15.1. The molecule has 1 aliphatic heterocycles. The van der Waals surface area contributed by atoms with E-state index in [1.807, 2.05) is 0 Å². The smallest absolute Gasteiger partial charge is 0.270 e. The number of sulfonamides is 1. The average Bonchev–Trinajstić information content (AvgIpc) is 3.29. The molecule has 2 aromatic rings. The molecule has 0 aliphatic carbocycles. The number of nitro groups is 1. The molecule has 1 fully saturated rings. The highest BCUT2D eigenvalue weighted by atomic mass is 32.2. The first kappa shape index (κ1) is 22.8. The number of nitrogens with zero attached hydrogens (tertiary/aromatic N) is 2. The number of carbonyl (C=O) groups excluding carboxylic acids is 2. The lowest BCUT2D eigenvalue weighted by molar-refractivity contribution is -0.384. The van der Waals surface area contributed by atoms with E-state index in [2.05, 4.69) is 10.0 Å². The van der Waals surface area contributed by atoms with Gasteiger partial charge in [0.25, 0.3) is 11.6 Å². The van der Waals surface area contributed by atoms with Crippen LogP contribution in [0.2, 0.25) is 0 Å². The van der Waals surface area contributed by atoms with Crippen molar-refractivity contribution < 1.29 is 22.9 Å². The standard InChI is InChI=1S/C19H22N4O6S2/c1-13(20-18(24)14-4-2-5-16(12-14)23(26)27)19(25)22-9-7-15(8-10-22)21-31(28,29)17-6-3-11-30-17/h2-6,11-13,15,21H,7-10H2,1H3,(H,20,24)/t13-/m0/s1. The van der Waals surface area contributed by atoms with Crippen molar-refractivity contribution in [1.82, 2.24) is 14.9 Å². The highest BCUT2D eigenvalue weighted by Gasteiger charge is 2.29. The summed E-state index contributed by atoms with van der Waals surface area (Å²) in [6, 6.07) is 7.38. The topological polar surface area (TPSA) is 139 Å². The van der Waals surface area contributed by atoms with Crippen LogP contribution in [-0.4, -0.2) is 55.2 Å². The van der Waals surface area contributed by atoms with Crippen LogP contribution in [0.1, 0.15) is 30.1 Å². The Kier molecular flexibility index (Phi) is 7.03. The molecular formula is C19H22N4O6S2. The lowest BCUT2D eigenvalue weighted by Crippen LogP contribution is -2.52. The molecular weight excluding hydrogens is 444 g/mol. The number of nitrogens with one attached hydrogen (secondary N) is 2. The number of piperidine rings is 1. The molecule has 12 heteroatoms. The van der Waals surface area contributed by atoms with Gasteiger partial charge in [-0.15, -0.1) is 11.3 Å². The highest BCUT2D eigenvalue weighted by molar-refractivity contribution is 7.91. The van der Waals surface area contributed by atoms with Crippen molar-refractivity contribution in [2.24, 2.45) is 0 Å². The summed E-state index contributed by atoms with van der Waals surface area (Å²) in [4.78, 5) is 36.9. The van der Waals surface area contributed by atoms with Gasteiger partial charge in [0.05, 0.1) is 4.92 Å². The summed E-state index contributed by atoms with van der Waals surface area (Å²) in [7, 11) is -3.57. The van der Waals surface area contributed by atoms with E-state index in [1.165, 1.54) is 24.3 Å². The Hall–Kier alpha value is -2.83. The second kappa shape index (κ2) is 9.54. The van der Waals surface area contributed by atoms with Crippen molar-refractivity contribution in [3.8, 4) is 0 Å². The summed E-state index contributed by atoms with van der Waals surface area (Å²) in [6.45, 7) is 2.25. The Balaban J connectivity index is 1.52. The predicted octanol–water partition coefficient (Wildman–Crippen LogP) is 1.74. The van der Waals surface area contributed by atoms with Gasteiger partial charge in [-0.1, -0.05) is 12.1 Å². The van der Waals surface area contributed by atoms with Gasteiger partial charge in [0.1, 0.15) is 10.3 Å². The first-order chi connectivity index (χ1) is 14.7. The van der Waals surface area contributed by atoms with E-state index in [-0.39, 0.29) is 27.4 Å². The molecule has 1 aromatic carbocycles. The molecule has 2 N–H and O–H groups in total. The second-order valence-electron chi connectivity index (χ2n) is 7.16. The van der Waals surface area contributed by atoms with E-state index in [9.17, 15) is 28.1 Å². The van der Waals surface area contributed by atoms with Crippen molar-refractivity contribution in [3.63, 3.8) is 0 Å². The number of likely N-dealkylation sites (tertiary alicyclic amines) is 1. The fourth-order valence-electron chi connectivity index (χ4n) is 3.29. The molecule has 1 aromatic heterocycles. The van der Waals surface area contributed by atoms with E-state index < -0.39 is 26.9 Å². The fourth-order valence-corrected chi connectivity index (χ4v) is 5.60. The predicted molar refractivity (Wildman–Crippen MR) is 114 cm³/mol. The van der Waals surface area contributed by atoms with Gasteiger partial charge in [0, 0.05) is 36.8 Å². The van der Waals surface area contributed by atoms with Gasteiger partial charge in [-0.05, 0) is 37.3 Å². The molecule has 166 valence electrons. The molecule has 1 aliphatic rings. The van der Waals surface area contributed by atoms with E-state index in [0.717, 1.165) is 17.4 Å². The number of non-ortho nitro benzene ring substituents is 1. The van der Waals surface area contributed by atoms with E-state index >= 15 is 0 Å². The third-order valence-corrected chi connectivity index (χ3v) is 7.84. The average molecular weight is 467 g/mol. The molecule has 0 bridgehead atoms. The number of hydrogen-bond donors (Lipinski definition) is 2. The van der Waals surface area contributed by atoms with Crippen molar-refractivity contribution in [1.29, 1.82) is 0 Å².